The standard InChI is InChI=1S/C24H24N4O/c1-14-7-6-8-19(12-14)22-17(4)27-28-18(5)20(13-25-23(22)28)24(29)26-21-10-9-15(2)11-16(21)3/h6-13H,1-5H3,(H,26,29). The van der Waals surface area contributed by atoms with Crippen LogP contribution in [0, 0.1) is 34.6 Å². The molecule has 1 N–H and O–H groups in total. The number of aromatic nitrogens is 3. The van der Waals surface area contributed by atoms with Crippen molar-refractivity contribution in [2.24, 2.45) is 0 Å². The monoisotopic (exact) mass is 384 g/mol. The molecule has 0 bridgehead atoms. The number of aryl methyl sites for hydroxylation is 5. The summed E-state index contributed by atoms with van der Waals surface area (Å²) in [5.41, 5.74) is 9.17. The molecule has 0 aliphatic heterocycles. The molecule has 0 saturated carbocycles. The van der Waals surface area contributed by atoms with E-state index < -0.39 is 0 Å². The number of nitrogens with zero attached hydrogens (tertiary/aromatic N) is 3. The highest BCUT2D eigenvalue weighted by Gasteiger charge is 2.19. The summed E-state index contributed by atoms with van der Waals surface area (Å²) in [6, 6.07) is 14.3. The maximum Gasteiger partial charge on any atom is 0.259 e. The van der Waals surface area contributed by atoms with Gasteiger partial charge in [0.15, 0.2) is 5.65 Å². The van der Waals surface area contributed by atoms with E-state index in [1.165, 1.54) is 5.56 Å². The van der Waals surface area contributed by atoms with Gasteiger partial charge in [0.25, 0.3) is 5.91 Å². The fourth-order valence-corrected chi connectivity index (χ4v) is 3.71. The van der Waals surface area contributed by atoms with E-state index in [0.29, 0.717) is 5.56 Å². The zero-order chi connectivity index (χ0) is 20.7. The number of hydrogen-bond acceptors (Lipinski definition) is 3. The lowest BCUT2D eigenvalue weighted by Gasteiger charge is -2.11. The number of nitrogens with one attached hydrogen (secondary N) is 1. The van der Waals surface area contributed by atoms with Crippen molar-refractivity contribution in [2.75, 3.05) is 5.32 Å². The lowest BCUT2D eigenvalue weighted by atomic mass is 10.0. The van der Waals surface area contributed by atoms with Crippen LogP contribution < -0.4 is 5.32 Å². The van der Waals surface area contributed by atoms with Gasteiger partial charge in [-0.3, -0.25) is 4.79 Å². The first-order valence-electron chi connectivity index (χ1n) is 9.65. The van der Waals surface area contributed by atoms with Crippen molar-refractivity contribution in [3.8, 4) is 11.1 Å². The van der Waals surface area contributed by atoms with Crippen molar-refractivity contribution >= 4 is 17.2 Å². The normalized spacial score (nSPS) is 11.1. The number of rotatable bonds is 3. The smallest absolute Gasteiger partial charge is 0.259 e. The van der Waals surface area contributed by atoms with Crippen LogP contribution in [0.3, 0.4) is 0 Å². The molecule has 0 spiro atoms. The average Bonchev–Trinajstić information content (AvgIpc) is 3.01. The molecule has 1 amide bonds. The molecular weight excluding hydrogens is 360 g/mol. The molecule has 0 aliphatic rings. The van der Waals surface area contributed by atoms with Crippen LogP contribution in [-0.4, -0.2) is 20.5 Å². The molecule has 0 aliphatic carbocycles. The van der Waals surface area contributed by atoms with E-state index in [1.54, 1.807) is 10.7 Å². The van der Waals surface area contributed by atoms with Gasteiger partial charge in [-0.25, -0.2) is 9.50 Å². The predicted molar refractivity (Wildman–Crippen MR) is 117 cm³/mol. The quantitative estimate of drug-likeness (QED) is 0.529. The summed E-state index contributed by atoms with van der Waals surface area (Å²) in [7, 11) is 0. The van der Waals surface area contributed by atoms with Gasteiger partial charge in [-0.15, -0.1) is 0 Å². The molecule has 0 atom stereocenters. The van der Waals surface area contributed by atoms with Crippen LogP contribution >= 0.6 is 0 Å². The third kappa shape index (κ3) is 3.40. The highest BCUT2D eigenvalue weighted by Crippen LogP contribution is 2.29. The molecule has 2 aromatic heterocycles. The first-order valence-corrected chi connectivity index (χ1v) is 9.65. The van der Waals surface area contributed by atoms with Gasteiger partial charge in [-0.1, -0.05) is 47.5 Å². The Kier molecular flexibility index (Phi) is 4.66. The zero-order valence-corrected chi connectivity index (χ0v) is 17.4. The van der Waals surface area contributed by atoms with Crippen LogP contribution in [0.2, 0.25) is 0 Å². The predicted octanol–water partition coefficient (Wildman–Crippen LogP) is 5.19. The highest BCUT2D eigenvalue weighted by molar-refractivity contribution is 6.05. The third-order valence-corrected chi connectivity index (χ3v) is 5.24. The molecule has 0 fully saturated rings. The van der Waals surface area contributed by atoms with E-state index in [9.17, 15) is 4.79 Å². The summed E-state index contributed by atoms with van der Waals surface area (Å²) >= 11 is 0. The second-order valence-electron chi connectivity index (χ2n) is 7.60. The number of benzene rings is 2. The average molecular weight is 384 g/mol. The summed E-state index contributed by atoms with van der Waals surface area (Å²) in [5, 5.41) is 7.67. The van der Waals surface area contributed by atoms with Crippen LogP contribution in [0.25, 0.3) is 16.8 Å². The topological polar surface area (TPSA) is 59.3 Å². The SMILES string of the molecule is Cc1cccc(-c2c(C)nn3c(C)c(C(=O)Nc4ccc(C)cc4C)cnc23)c1. The molecule has 5 heteroatoms. The molecule has 4 rings (SSSR count). The first-order chi connectivity index (χ1) is 13.8. The lowest BCUT2D eigenvalue weighted by molar-refractivity contribution is 0.102. The molecule has 2 aromatic carbocycles. The largest absolute Gasteiger partial charge is 0.322 e. The number of fused-ring (bicyclic) bond motifs is 1. The second-order valence-corrected chi connectivity index (χ2v) is 7.60. The Bertz CT molecular complexity index is 1250. The molecule has 0 radical (unpaired) electrons. The van der Waals surface area contributed by atoms with Gasteiger partial charge in [0.05, 0.1) is 17.0 Å². The van der Waals surface area contributed by atoms with E-state index in [4.69, 9.17) is 0 Å². The summed E-state index contributed by atoms with van der Waals surface area (Å²) in [4.78, 5) is 17.5. The van der Waals surface area contributed by atoms with Crippen LogP contribution in [0.4, 0.5) is 5.69 Å². The number of carbonyl (C=O) groups excluding carboxylic acids is 1. The fourth-order valence-electron chi connectivity index (χ4n) is 3.71. The molecule has 146 valence electrons. The van der Waals surface area contributed by atoms with Gasteiger partial charge >= 0.3 is 0 Å². The minimum atomic E-state index is -0.186. The number of hydrogen-bond donors (Lipinski definition) is 1. The van der Waals surface area contributed by atoms with E-state index in [0.717, 1.165) is 45.0 Å². The van der Waals surface area contributed by atoms with Gasteiger partial charge in [0.2, 0.25) is 0 Å². The zero-order valence-electron chi connectivity index (χ0n) is 17.4. The Labute approximate surface area is 170 Å². The Morgan fingerprint density at radius 3 is 2.45 bits per heavy atom. The lowest BCUT2D eigenvalue weighted by Crippen LogP contribution is -2.16. The summed E-state index contributed by atoms with van der Waals surface area (Å²) in [6.07, 6.45) is 1.64. The summed E-state index contributed by atoms with van der Waals surface area (Å²) < 4.78 is 1.77. The van der Waals surface area contributed by atoms with Gasteiger partial charge in [0.1, 0.15) is 0 Å². The van der Waals surface area contributed by atoms with Crippen molar-refractivity contribution in [1.29, 1.82) is 0 Å². The van der Waals surface area contributed by atoms with Crippen molar-refractivity contribution in [3.05, 3.63) is 82.3 Å². The van der Waals surface area contributed by atoms with Crippen LogP contribution in [0.1, 0.15) is 38.4 Å². The third-order valence-electron chi connectivity index (χ3n) is 5.24. The molecule has 5 nitrogen and oxygen atoms in total. The highest BCUT2D eigenvalue weighted by atomic mass is 16.1. The summed E-state index contributed by atoms with van der Waals surface area (Å²) in [6.45, 7) is 9.96. The summed E-state index contributed by atoms with van der Waals surface area (Å²) in [5.74, 6) is -0.186. The number of carbonyl (C=O) groups is 1. The number of anilines is 1. The van der Waals surface area contributed by atoms with Gasteiger partial charge in [-0.05, 0) is 51.8 Å². The molecule has 29 heavy (non-hydrogen) atoms. The van der Waals surface area contributed by atoms with Crippen LogP contribution in [-0.2, 0) is 0 Å². The molecule has 2 heterocycles. The van der Waals surface area contributed by atoms with E-state index in [2.05, 4.69) is 46.6 Å². The first kappa shape index (κ1) is 18.9. The Morgan fingerprint density at radius 2 is 1.72 bits per heavy atom. The van der Waals surface area contributed by atoms with Crippen LogP contribution in [0.5, 0.6) is 0 Å². The maximum atomic E-state index is 12.9. The maximum absolute atomic E-state index is 12.9. The van der Waals surface area contributed by atoms with Gasteiger partial charge < -0.3 is 5.32 Å². The van der Waals surface area contributed by atoms with Gasteiger partial charge in [-0.2, -0.15) is 5.10 Å². The fraction of sp³-hybridized carbons (Fsp3) is 0.208. The van der Waals surface area contributed by atoms with E-state index >= 15 is 0 Å². The van der Waals surface area contributed by atoms with E-state index in [-0.39, 0.29) is 5.91 Å². The van der Waals surface area contributed by atoms with Crippen molar-refractivity contribution < 1.29 is 4.79 Å². The minimum Gasteiger partial charge on any atom is -0.322 e. The molecule has 4 aromatic rings. The van der Waals surface area contributed by atoms with E-state index in [1.807, 2.05) is 45.9 Å². The van der Waals surface area contributed by atoms with Gasteiger partial charge in [0, 0.05) is 17.4 Å². The van der Waals surface area contributed by atoms with Crippen molar-refractivity contribution in [3.63, 3.8) is 0 Å². The minimum absolute atomic E-state index is 0.186. The Balaban J connectivity index is 1.76. The molecular formula is C24H24N4O. The van der Waals surface area contributed by atoms with Crippen molar-refractivity contribution in [2.45, 2.75) is 34.6 Å². The molecule has 0 saturated heterocycles. The Morgan fingerprint density at radius 1 is 0.966 bits per heavy atom. The molecule has 0 unspecified atom stereocenters. The number of amides is 1. The van der Waals surface area contributed by atoms with Crippen molar-refractivity contribution in [1.82, 2.24) is 14.6 Å². The Hall–Kier alpha value is -3.47. The second kappa shape index (κ2) is 7.17. The van der Waals surface area contributed by atoms with Crippen LogP contribution in [0.15, 0.2) is 48.7 Å².